The van der Waals surface area contributed by atoms with E-state index < -0.39 is 0 Å². The van der Waals surface area contributed by atoms with Crippen molar-refractivity contribution in [3.63, 3.8) is 0 Å². The molecule has 1 aromatic carbocycles. The van der Waals surface area contributed by atoms with Gasteiger partial charge >= 0.3 is 6.03 Å². The third-order valence-corrected chi connectivity index (χ3v) is 5.47. The Kier molecular flexibility index (Phi) is 7.47. The van der Waals surface area contributed by atoms with Gasteiger partial charge in [-0.15, -0.1) is 11.3 Å². The van der Waals surface area contributed by atoms with Crippen LogP contribution in [0.4, 0.5) is 4.79 Å². The van der Waals surface area contributed by atoms with Gasteiger partial charge in [-0.3, -0.25) is 4.90 Å². The van der Waals surface area contributed by atoms with Crippen molar-refractivity contribution < 1.29 is 4.79 Å². The van der Waals surface area contributed by atoms with Crippen molar-refractivity contribution >= 4 is 17.4 Å². The molecule has 0 fully saturated rings. The van der Waals surface area contributed by atoms with E-state index in [2.05, 4.69) is 66.7 Å². The Labute approximate surface area is 155 Å². The number of nitrogens with zero attached hydrogens (tertiary/aromatic N) is 2. The highest BCUT2D eigenvalue weighted by Gasteiger charge is 2.11. The SMILES string of the molecule is CCN(CC)Cc1ccc(CNC(=O)N(C)Cc2sccc2C)cc1. The van der Waals surface area contributed by atoms with Crippen molar-refractivity contribution in [2.24, 2.45) is 0 Å². The van der Waals surface area contributed by atoms with Crippen LogP contribution in [0.15, 0.2) is 35.7 Å². The summed E-state index contributed by atoms with van der Waals surface area (Å²) < 4.78 is 0. The number of carbonyl (C=O) groups is 1. The van der Waals surface area contributed by atoms with E-state index in [-0.39, 0.29) is 6.03 Å². The standard InChI is InChI=1S/C20H29N3OS/c1-5-23(6-2)14-18-9-7-17(8-10-18)13-21-20(24)22(4)15-19-16(3)11-12-25-19/h7-12H,5-6,13-15H2,1-4H3,(H,21,24). The van der Waals surface area contributed by atoms with Crippen molar-refractivity contribution in [3.05, 3.63) is 57.3 Å². The van der Waals surface area contributed by atoms with Gasteiger partial charge in [0.1, 0.15) is 0 Å². The van der Waals surface area contributed by atoms with Crippen LogP contribution in [0.5, 0.6) is 0 Å². The third kappa shape index (κ3) is 5.87. The molecule has 0 radical (unpaired) electrons. The molecule has 136 valence electrons. The molecule has 1 N–H and O–H groups in total. The van der Waals surface area contributed by atoms with E-state index in [1.54, 1.807) is 16.2 Å². The van der Waals surface area contributed by atoms with Gasteiger partial charge in [-0.05, 0) is 48.2 Å². The number of hydrogen-bond acceptors (Lipinski definition) is 3. The number of amides is 2. The fourth-order valence-electron chi connectivity index (χ4n) is 2.63. The maximum atomic E-state index is 12.3. The molecule has 0 bridgehead atoms. The first-order valence-electron chi connectivity index (χ1n) is 8.85. The monoisotopic (exact) mass is 359 g/mol. The number of rotatable bonds is 8. The van der Waals surface area contributed by atoms with Gasteiger partial charge < -0.3 is 10.2 Å². The van der Waals surface area contributed by atoms with Gasteiger partial charge in [-0.2, -0.15) is 0 Å². The van der Waals surface area contributed by atoms with Gasteiger partial charge in [0.05, 0.1) is 6.54 Å². The highest BCUT2D eigenvalue weighted by Crippen LogP contribution is 2.17. The molecule has 1 heterocycles. The summed E-state index contributed by atoms with van der Waals surface area (Å²) in [6.07, 6.45) is 0. The van der Waals surface area contributed by atoms with Crippen LogP contribution in [-0.4, -0.2) is 36.0 Å². The van der Waals surface area contributed by atoms with Crippen molar-refractivity contribution in [2.45, 2.75) is 40.4 Å². The van der Waals surface area contributed by atoms with Gasteiger partial charge in [0.15, 0.2) is 0 Å². The Morgan fingerprint density at radius 3 is 2.24 bits per heavy atom. The van der Waals surface area contributed by atoms with Gasteiger partial charge in [-0.1, -0.05) is 38.1 Å². The molecule has 25 heavy (non-hydrogen) atoms. The topological polar surface area (TPSA) is 35.6 Å². The van der Waals surface area contributed by atoms with Crippen LogP contribution in [0.3, 0.4) is 0 Å². The molecule has 1 aromatic heterocycles. The molecule has 4 nitrogen and oxygen atoms in total. The van der Waals surface area contributed by atoms with Crippen LogP contribution in [-0.2, 0) is 19.6 Å². The molecule has 5 heteroatoms. The Morgan fingerprint density at radius 1 is 1.04 bits per heavy atom. The average molecular weight is 360 g/mol. The smallest absolute Gasteiger partial charge is 0.317 e. The molecular weight excluding hydrogens is 330 g/mol. The minimum Gasteiger partial charge on any atom is -0.334 e. The normalized spacial score (nSPS) is 10.9. The van der Waals surface area contributed by atoms with Crippen molar-refractivity contribution in [1.29, 1.82) is 0 Å². The second kappa shape index (κ2) is 9.59. The first-order chi connectivity index (χ1) is 12.0. The molecule has 0 aliphatic carbocycles. The first-order valence-corrected chi connectivity index (χ1v) is 9.73. The largest absolute Gasteiger partial charge is 0.334 e. The number of hydrogen-bond donors (Lipinski definition) is 1. The molecule has 2 rings (SSSR count). The lowest BCUT2D eigenvalue weighted by atomic mass is 10.1. The Balaban J connectivity index is 1.82. The second-order valence-corrected chi connectivity index (χ2v) is 7.32. The maximum Gasteiger partial charge on any atom is 0.317 e. The number of aryl methyl sites for hydroxylation is 1. The predicted octanol–water partition coefficient (Wildman–Crippen LogP) is 4.24. The maximum absolute atomic E-state index is 12.3. The zero-order valence-electron chi connectivity index (χ0n) is 15.7. The average Bonchev–Trinajstić information content (AvgIpc) is 3.03. The minimum absolute atomic E-state index is 0.0417. The van der Waals surface area contributed by atoms with E-state index in [1.165, 1.54) is 16.0 Å². The summed E-state index contributed by atoms with van der Waals surface area (Å²) in [7, 11) is 1.83. The van der Waals surface area contributed by atoms with Crippen LogP contribution in [0.1, 0.15) is 35.4 Å². The number of nitrogens with one attached hydrogen (secondary N) is 1. The van der Waals surface area contributed by atoms with E-state index in [4.69, 9.17) is 0 Å². The molecule has 0 saturated heterocycles. The van der Waals surface area contributed by atoms with E-state index in [0.29, 0.717) is 13.1 Å². The fraction of sp³-hybridized carbons (Fsp3) is 0.450. The van der Waals surface area contributed by atoms with E-state index in [9.17, 15) is 4.79 Å². The first kappa shape index (κ1) is 19.5. The van der Waals surface area contributed by atoms with Gasteiger partial charge in [-0.25, -0.2) is 4.79 Å². The van der Waals surface area contributed by atoms with E-state index in [1.807, 2.05) is 7.05 Å². The van der Waals surface area contributed by atoms with Crippen LogP contribution in [0, 0.1) is 6.92 Å². The van der Waals surface area contributed by atoms with Crippen molar-refractivity contribution in [3.8, 4) is 0 Å². The van der Waals surface area contributed by atoms with E-state index in [0.717, 1.165) is 25.2 Å². The fourth-order valence-corrected chi connectivity index (χ4v) is 3.59. The minimum atomic E-state index is -0.0417. The van der Waals surface area contributed by atoms with Gasteiger partial charge in [0.2, 0.25) is 0 Å². The van der Waals surface area contributed by atoms with Gasteiger partial charge in [0.25, 0.3) is 0 Å². The van der Waals surface area contributed by atoms with Crippen molar-refractivity contribution in [1.82, 2.24) is 15.1 Å². The number of urea groups is 1. The lowest BCUT2D eigenvalue weighted by Crippen LogP contribution is -2.36. The highest BCUT2D eigenvalue weighted by molar-refractivity contribution is 7.10. The molecule has 0 aliphatic heterocycles. The zero-order chi connectivity index (χ0) is 18.2. The number of thiophene rings is 1. The van der Waals surface area contributed by atoms with Gasteiger partial charge in [0, 0.05) is 25.0 Å². The summed E-state index contributed by atoms with van der Waals surface area (Å²) >= 11 is 1.69. The highest BCUT2D eigenvalue weighted by atomic mass is 32.1. The lowest BCUT2D eigenvalue weighted by molar-refractivity contribution is 0.207. The Bertz CT molecular complexity index is 662. The van der Waals surface area contributed by atoms with Crippen LogP contribution in [0.2, 0.25) is 0 Å². The van der Waals surface area contributed by atoms with Crippen LogP contribution < -0.4 is 5.32 Å². The summed E-state index contributed by atoms with van der Waals surface area (Å²) in [5, 5.41) is 5.06. The molecule has 0 spiro atoms. The quantitative estimate of drug-likeness (QED) is 0.765. The molecular formula is C20H29N3OS. The summed E-state index contributed by atoms with van der Waals surface area (Å²) in [6, 6.07) is 10.5. The van der Waals surface area contributed by atoms with Crippen molar-refractivity contribution in [2.75, 3.05) is 20.1 Å². The summed E-state index contributed by atoms with van der Waals surface area (Å²) in [5.41, 5.74) is 3.68. The summed E-state index contributed by atoms with van der Waals surface area (Å²) in [5.74, 6) is 0. The van der Waals surface area contributed by atoms with E-state index >= 15 is 0 Å². The number of benzene rings is 1. The summed E-state index contributed by atoms with van der Waals surface area (Å²) in [4.78, 5) is 17.6. The molecule has 0 saturated carbocycles. The molecule has 0 aliphatic rings. The lowest BCUT2D eigenvalue weighted by Gasteiger charge is -2.19. The summed E-state index contributed by atoms with van der Waals surface area (Å²) in [6.45, 7) is 10.7. The van der Waals surface area contributed by atoms with Crippen LogP contribution >= 0.6 is 11.3 Å². The second-order valence-electron chi connectivity index (χ2n) is 6.32. The molecule has 2 aromatic rings. The molecule has 0 unspecified atom stereocenters. The zero-order valence-corrected chi connectivity index (χ0v) is 16.5. The molecule has 2 amide bonds. The Hall–Kier alpha value is -1.85. The number of carbonyl (C=O) groups excluding carboxylic acids is 1. The Morgan fingerprint density at radius 2 is 1.68 bits per heavy atom. The van der Waals surface area contributed by atoms with Crippen LogP contribution in [0.25, 0.3) is 0 Å². The predicted molar refractivity (Wildman–Crippen MR) is 106 cm³/mol. The third-order valence-electron chi connectivity index (χ3n) is 4.46. The molecule has 0 atom stereocenters.